The smallest absolute Gasteiger partial charge is 0.147 e. The van der Waals surface area contributed by atoms with Crippen molar-refractivity contribution in [2.75, 3.05) is 6.61 Å². The fourth-order valence-electron chi connectivity index (χ4n) is 1.37. The molecule has 2 N–H and O–H groups in total. The van der Waals surface area contributed by atoms with Crippen LogP contribution in [0.3, 0.4) is 0 Å². The molecule has 4 heteroatoms. The molecule has 0 saturated carbocycles. The van der Waals surface area contributed by atoms with Gasteiger partial charge in [0.15, 0.2) is 0 Å². The summed E-state index contributed by atoms with van der Waals surface area (Å²) in [6.45, 7) is 5.08. The molecule has 0 aliphatic heterocycles. The molecule has 0 saturated heterocycles. The monoisotopic (exact) mass is 238 g/mol. The summed E-state index contributed by atoms with van der Waals surface area (Å²) in [5, 5.41) is 0. The predicted octanol–water partition coefficient (Wildman–Crippen LogP) is 2.53. The van der Waals surface area contributed by atoms with Crippen molar-refractivity contribution in [3.63, 3.8) is 0 Å². The third-order valence-electron chi connectivity index (χ3n) is 2.23. The van der Waals surface area contributed by atoms with Crippen LogP contribution in [0.4, 0.5) is 0 Å². The maximum atomic E-state index is 5.62. The van der Waals surface area contributed by atoms with Crippen molar-refractivity contribution >= 4 is 17.2 Å². The van der Waals surface area contributed by atoms with Crippen LogP contribution in [-0.2, 0) is 0 Å². The molecule has 0 aromatic carbocycles. The van der Waals surface area contributed by atoms with Gasteiger partial charge in [-0.1, -0.05) is 26.1 Å². The van der Waals surface area contributed by atoms with Gasteiger partial charge in [-0.3, -0.25) is 4.98 Å². The van der Waals surface area contributed by atoms with Crippen LogP contribution in [0.2, 0.25) is 0 Å². The van der Waals surface area contributed by atoms with E-state index in [-0.39, 0.29) is 0 Å². The van der Waals surface area contributed by atoms with E-state index in [0.717, 1.165) is 18.4 Å². The van der Waals surface area contributed by atoms with Gasteiger partial charge in [0.2, 0.25) is 0 Å². The molecule has 0 aliphatic rings. The molecule has 3 nitrogen and oxygen atoms in total. The summed E-state index contributed by atoms with van der Waals surface area (Å²) in [7, 11) is 0. The van der Waals surface area contributed by atoms with Crippen molar-refractivity contribution in [2.24, 2.45) is 11.7 Å². The van der Waals surface area contributed by atoms with Gasteiger partial charge in [-0.25, -0.2) is 0 Å². The van der Waals surface area contributed by atoms with Gasteiger partial charge in [0.05, 0.1) is 18.4 Å². The van der Waals surface area contributed by atoms with Gasteiger partial charge in [-0.15, -0.1) is 0 Å². The number of pyridine rings is 1. The molecule has 1 heterocycles. The van der Waals surface area contributed by atoms with E-state index in [2.05, 4.69) is 18.8 Å². The zero-order chi connectivity index (χ0) is 12.0. The van der Waals surface area contributed by atoms with Gasteiger partial charge >= 0.3 is 0 Å². The molecule has 0 radical (unpaired) electrons. The van der Waals surface area contributed by atoms with E-state index in [1.54, 1.807) is 18.5 Å². The Kier molecular flexibility index (Phi) is 5.19. The molecule has 0 bridgehead atoms. The van der Waals surface area contributed by atoms with Crippen LogP contribution < -0.4 is 10.5 Å². The second-order valence-corrected chi connectivity index (χ2v) is 4.56. The number of hydrogen-bond acceptors (Lipinski definition) is 3. The lowest BCUT2D eigenvalue weighted by Crippen LogP contribution is -2.12. The van der Waals surface area contributed by atoms with Crippen LogP contribution in [0.15, 0.2) is 18.5 Å². The zero-order valence-corrected chi connectivity index (χ0v) is 10.6. The molecule has 1 rings (SSSR count). The third kappa shape index (κ3) is 4.14. The molecule has 0 aliphatic carbocycles. The molecule has 1 aromatic rings. The van der Waals surface area contributed by atoms with E-state index in [0.29, 0.717) is 23.3 Å². The van der Waals surface area contributed by atoms with Crippen LogP contribution in [-0.4, -0.2) is 16.6 Å². The van der Waals surface area contributed by atoms with Crippen LogP contribution in [0, 0.1) is 5.92 Å². The Morgan fingerprint density at radius 3 is 2.94 bits per heavy atom. The quantitative estimate of drug-likeness (QED) is 0.611. The minimum Gasteiger partial charge on any atom is -0.491 e. The lowest BCUT2D eigenvalue weighted by molar-refractivity contribution is 0.296. The number of thiocarbonyl (C=S) groups is 1. The largest absolute Gasteiger partial charge is 0.491 e. The average Bonchev–Trinajstić information content (AvgIpc) is 2.24. The highest BCUT2D eigenvalue weighted by Crippen LogP contribution is 2.16. The summed E-state index contributed by atoms with van der Waals surface area (Å²) in [4.78, 5) is 4.35. The maximum Gasteiger partial charge on any atom is 0.147 e. The second-order valence-electron chi connectivity index (χ2n) is 4.12. The number of ether oxygens (including phenoxy) is 1. The highest BCUT2D eigenvalue weighted by Gasteiger charge is 2.05. The molecule has 0 unspecified atom stereocenters. The first-order valence-corrected chi connectivity index (χ1v) is 5.88. The fourth-order valence-corrected chi connectivity index (χ4v) is 1.54. The highest BCUT2D eigenvalue weighted by molar-refractivity contribution is 7.80. The molecule has 0 atom stereocenters. The summed E-state index contributed by atoms with van der Waals surface area (Å²) < 4.78 is 5.62. The van der Waals surface area contributed by atoms with Crippen LogP contribution in [0.25, 0.3) is 0 Å². The second kappa shape index (κ2) is 6.43. The predicted molar refractivity (Wildman–Crippen MR) is 69.7 cm³/mol. The Labute approximate surface area is 102 Å². The lowest BCUT2D eigenvalue weighted by Gasteiger charge is -2.10. The number of aromatic nitrogens is 1. The van der Waals surface area contributed by atoms with Gasteiger partial charge in [-0.05, 0) is 24.8 Å². The van der Waals surface area contributed by atoms with Crippen molar-refractivity contribution < 1.29 is 4.74 Å². The van der Waals surface area contributed by atoms with E-state index in [1.807, 2.05) is 0 Å². The summed E-state index contributed by atoms with van der Waals surface area (Å²) in [6.07, 6.45) is 5.51. The number of rotatable bonds is 6. The summed E-state index contributed by atoms with van der Waals surface area (Å²) >= 11 is 4.94. The maximum absolute atomic E-state index is 5.62. The number of hydrogen-bond donors (Lipinski definition) is 1. The Morgan fingerprint density at radius 1 is 1.56 bits per heavy atom. The Balaban J connectivity index is 2.50. The van der Waals surface area contributed by atoms with Crippen molar-refractivity contribution in [3.05, 3.63) is 24.0 Å². The van der Waals surface area contributed by atoms with E-state index in [4.69, 9.17) is 22.7 Å². The summed E-state index contributed by atoms with van der Waals surface area (Å²) in [6, 6.07) is 1.78. The normalized spacial score (nSPS) is 10.4. The Bertz CT molecular complexity index is 353. The van der Waals surface area contributed by atoms with Crippen LogP contribution >= 0.6 is 12.2 Å². The first-order chi connectivity index (χ1) is 7.61. The minimum absolute atomic E-state index is 0.348. The van der Waals surface area contributed by atoms with E-state index < -0.39 is 0 Å². The lowest BCUT2D eigenvalue weighted by atomic mass is 10.1. The molecule has 0 spiro atoms. The van der Waals surface area contributed by atoms with E-state index >= 15 is 0 Å². The topological polar surface area (TPSA) is 48.1 Å². The SMILES string of the molecule is CC(C)CCCOc1cnccc1C(N)=S. The fraction of sp³-hybridized carbons (Fsp3) is 0.500. The van der Waals surface area contributed by atoms with Crippen molar-refractivity contribution in [1.82, 2.24) is 4.98 Å². The van der Waals surface area contributed by atoms with Gasteiger partial charge in [0.25, 0.3) is 0 Å². The molecule has 1 aromatic heterocycles. The highest BCUT2D eigenvalue weighted by atomic mass is 32.1. The molecule has 16 heavy (non-hydrogen) atoms. The van der Waals surface area contributed by atoms with Crippen molar-refractivity contribution in [3.8, 4) is 5.75 Å². The van der Waals surface area contributed by atoms with E-state index in [9.17, 15) is 0 Å². The van der Waals surface area contributed by atoms with Gasteiger partial charge < -0.3 is 10.5 Å². The average molecular weight is 238 g/mol. The molecular formula is C12H18N2OS. The first kappa shape index (κ1) is 12.9. The Morgan fingerprint density at radius 2 is 2.31 bits per heavy atom. The zero-order valence-electron chi connectivity index (χ0n) is 9.77. The van der Waals surface area contributed by atoms with Crippen molar-refractivity contribution in [1.29, 1.82) is 0 Å². The standard InChI is InChI=1S/C12H18N2OS/c1-9(2)4-3-7-15-11-8-14-6-5-10(11)12(13)16/h5-6,8-9H,3-4,7H2,1-2H3,(H2,13,16). The van der Waals surface area contributed by atoms with Gasteiger partial charge in [0, 0.05) is 6.20 Å². The third-order valence-corrected chi connectivity index (χ3v) is 2.45. The molecule has 0 fully saturated rings. The molecule has 0 amide bonds. The molecular weight excluding hydrogens is 220 g/mol. The van der Waals surface area contributed by atoms with Gasteiger partial charge in [0.1, 0.15) is 10.7 Å². The van der Waals surface area contributed by atoms with Crippen LogP contribution in [0.5, 0.6) is 5.75 Å². The summed E-state index contributed by atoms with van der Waals surface area (Å²) in [5.74, 6) is 1.38. The van der Waals surface area contributed by atoms with Gasteiger partial charge in [-0.2, -0.15) is 0 Å². The Hall–Kier alpha value is -1.16. The van der Waals surface area contributed by atoms with Crippen LogP contribution in [0.1, 0.15) is 32.3 Å². The number of nitrogens with two attached hydrogens (primary N) is 1. The van der Waals surface area contributed by atoms with Crippen molar-refractivity contribution in [2.45, 2.75) is 26.7 Å². The first-order valence-electron chi connectivity index (χ1n) is 5.48. The van der Waals surface area contributed by atoms with E-state index in [1.165, 1.54) is 0 Å². The summed E-state index contributed by atoms with van der Waals surface area (Å²) in [5.41, 5.74) is 6.35. The molecule has 88 valence electrons. The number of nitrogens with zero attached hydrogens (tertiary/aromatic N) is 1. The minimum atomic E-state index is 0.348.